The fraction of sp³-hybridized carbons (Fsp3) is 0.353. The number of oxazole rings is 1. The summed E-state index contributed by atoms with van der Waals surface area (Å²) in [5, 5.41) is 7.12. The van der Waals surface area contributed by atoms with Crippen LogP contribution in [0.4, 0.5) is 4.39 Å². The Morgan fingerprint density at radius 3 is 2.96 bits per heavy atom. The van der Waals surface area contributed by atoms with Crippen LogP contribution in [0, 0.1) is 5.82 Å². The first-order valence-corrected chi connectivity index (χ1v) is 9.28. The number of H-pyrrole nitrogens is 1. The predicted octanol–water partition coefficient (Wildman–Crippen LogP) is 2.84. The number of halogens is 1. The number of thioether (sulfide) groups is 1. The molecule has 3 aromatic rings. The maximum Gasteiger partial charge on any atom is 0.344 e. The van der Waals surface area contributed by atoms with Gasteiger partial charge in [-0.25, -0.2) is 19.3 Å². The van der Waals surface area contributed by atoms with Gasteiger partial charge in [0.15, 0.2) is 10.9 Å². The SMILES string of the molecule is O=c1[nH]nc(SCc2ncc(-c3ccc(F)cc3)o2)n1CC1CCCO1. The summed E-state index contributed by atoms with van der Waals surface area (Å²) in [7, 11) is 0. The Kier molecular flexibility index (Phi) is 4.89. The highest BCUT2D eigenvalue weighted by Crippen LogP contribution is 2.25. The molecule has 0 spiro atoms. The van der Waals surface area contributed by atoms with E-state index < -0.39 is 0 Å². The summed E-state index contributed by atoms with van der Waals surface area (Å²) >= 11 is 1.36. The summed E-state index contributed by atoms with van der Waals surface area (Å²) in [5.41, 5.74) is 0.507. The maximum atomic E-state index is 13.0. The number of rotatable bonds is 6. The molecular formula is C17H17FN4O3S. The summed E-state index contributed by atoms with van der Waals surface area (Å²) in [6.45, 7) is 1.23. The minimum Gasteiger partial charge on any atom is -0.440 e. The van der Waals surface area contributed by atoms with Crippen molar-refractivity contribution >= 4 is 11.8 Å². The second kappa shape index (κ2) is 7.46. The van der Waals surface area contributed by atoms with Gasteiger partial charge < -0.3 is 9.15 Å². The average molecular weight is 376 g/mol. The van der Waals surface area contributed by atoms with Gasteiger partial charge in [0.2, 0.25) is 5.89 Å². The Morgan fingerprint density at radius 2 is 2.19 bits per heavy atom. The van der Waals surface area contributed by atoms with Gasteiger partial charge in [0.05, 0.1) is 24.6 Å². The van der Waals surface area contributed by atoms with Gasteiger partial charge in [0.25, 0.3) is 0 Å². The topological polar surface area (TPSA) is 85.9 Å². The molecule has 3 heterocycles. The Bertz CT molecular complexity index is 928. The van der Waals surface area contributed by atoms with E-state index in [-0.39, 0.29) is 17.6 Å². The van der Waals surface area contributed by atoms with Crippen LogP contribution in [0.5, 0.6) is 0 Å². The molecule has 9 heteroatoms. The number of nitrogens with one attached hydrogen (secondary N) is 1. The van der Waals surface area contributed by atoms with Gasteiger partial charge in [-0.1, -0.05) is 11.8 Å². The van der Waals surface area contributed by atoms with E-state index in [0.29, 0.717) is 29.1 Å². The van der Waals surface area contributed by atoms with Crippen molar-refractivity contribution in [1.29, 1.82) is 0 Å². The number of aromatic amines is 1. The smallest absolute Gasteiger partial charge is 0.344 e. The van der Waals surface area contributed by atoms with E-state index in [2.05, 4.69) is 15.2 Å². The van der Waals surface area contributed by atoms with E-state index in [4.69, 9.17) is 9.15 Å². The highest BCUT2D eigenvalue weighted by atomic mass is 32.2. The van der Waals surface area contributed by atoms with Crippen LogP contribution < -0.4 is 5.69 Å². The zero-order chi connectivity index (χ0) is 17.9. The minimum absolute atomic E-state index is 0.0523. The quantitative estimate of drug-likeness (QED) is 0.666. The summed E-state index contributed by atoms with van der Waals surface area (Å²) < 4.78 is 25.9. The van der Waals surface area contributed by atoms with Crippen molar-refractivity contribution in [3.05, 3.63) is 52.7 Å². The average Bonchev–Trinajstić information content (AvgIpc) is 3.38. The number of ether oxygens (including phenoxy) is 1. The van der Waals surface area contributed by atoms with Gasteiger partial charge in [-0.3, -0.25) is 4.57 Å². The van der Waals surface area contributed by atoms with E-state index in [1.165, 1.54) is 23.9 Å². The van der Waals surface area contributed by atoms with E-state index >= 15 is 0 Å². The molecule has 0 aliphatic carbocycles. The summed E-state index contributed by atoms with van der Waals surface area (Å²) in [6, 6.07) is 6.03. The molecule has 0 saturated carbocycles. The van der Waals surface area contributed by atoms with Crippen LogP contribution in [0.2, 0.25) is 0 Å². The normalized spacial score (nSPS) is 17.0. The van der Waals surface area contributed by atoms with Gasteiger partial charge in [-0.15, -0.1) is 5.10 Å². The fourth-order valence-corrected chi connectivity index (χ4v) is 3.63. The van der Waals surface area contributed by atoms with Crippen molar-refractivity contribution in [2.24, 2.45) is 0 Å². The molecule has 0 bridgehead atoms. The van der Waals surface area contributed by atoms with Gasteiger partial charge in [0, 0.05) is 12.2 Å². The van der Waals surface area contributed by atoms with Crippen LogP contribution in [0.15, 0.2) is 44.8 Å². The first-order chi connectivity index (χ1) is 12.7. The third-order valence-electron chi connectivity index (χ3n) is 4.14. The predicted molar refractivity (Wildman–Crippen MR) is 93.3 cm³/mol. The molecule has 0 radical (unpaired) electrons. The molecular weight excluding hydrogens is 359 g/mol. The molecule has 1 saturated heterocycles. The highest BCUT2D eigenvalue weighted by molar-refractivity contribution is 7.98. The molecule has 1 aliphatic rings. The van der Waals surface area contributed by atoms with Crippen molar-refractivity contribution in [3.8, 4) is 11.3 Å². The molecule has 26 heavy (non-hydrogen) atoms. The summed E-state index contributed by atoms with van der Waals surface area (Å²) in [4.78, 5) is 16.2. The van der Waals surface area contributed by atoms with Crippen LogP contribution in [0.1, 0.15) is 18.7 Å². The third-order valence-corrected chi connectivity index (χ3v) is 5.10. The molecule has 1 fully saturated rings. The second-order valence-corrected chi connectivity index (χ2v) is 6.91. The van der Waals surface area contributed by atoms with Crippen LogP contribution >= 0.6 is 11.8 Å². The molecule has 1 N–H and O–H groups in total. The number of aromatic nitrogens is 4. The third kappa shape index (κ3) is 3.73. The van der Waals surface area contributed by atoms with Crippen molar-refractivity contribution in [2.75, 3.05) is 6.61 Å². The summed E-state index contributed by atoms with van der Waals surface area (Å²) in [6.07, 6.45) is 3.62. The molecule has 1 unspecified atom stereocenters. The molecule has 0 amide bonds. The molecule has 1 aliphatic heterocycles. The largest absolute Gasteiger partial charge is 0.440 e. The molecule has 1 aromatic carbocycles. The van der Waals surface area contributed by atoms with Crippen LogP contribution in [-0.2, 0) is 17.0 Å². The number of hydrogen-bond donors (Lipinski definition) is 1. The first kappa shape index (κ1) is 17.0. The Hall–Kier alpha value is -2.39. The van der Waals surface area contributed by atoms with Crippen molar-refractivity contribution in [2.45, 2.75) is 36.4 Å². The number of benzene rings is 1. The van der Waals surface area contributed by atoms with E-state index in [1.807, 2.05) is 0 Å². The molecule has 1 atom stereocenters. The number of nitrogens with zero attached hydrogens (tertiary/aromatic N) is 3. The lowest BCUT2D eigenvalue weighted by Gasteiger charge is -2.10. The number of hydrogen-bond acceptors (Lipinski definition) is 6. The monoisotopic (exact) mass is 376 g/mol. The second-order valence-electron chi connectivity index (χ2n) is 5.97. The zero-order valence-corrected chi connectivity index (χ0v) is 14.7. The Balaban J connectivity index is 1.43. The lowest BCUT2D eigenvalue weighted by molar-refractivity contribution is 0.0941. The Labute approximate surface area is 152 Å². The first-order valence-electron chi connectivity index (χ1n) is 8.29. The van der Waals surface area contributed by atoms with Crippen LogP contribution in [0.25, 0.3) is 11.3 Å². The van der Waals surface area contributed by atoms with Gasteiger partial charge in [-0.2, -0.15) is 0 Å². The molecule has 136 valence electrons. The zero-order valence-electron chi connectivity index (χ0n) is 13.9. The van der Waals surface area contributed by atoms with Gasteiger partial charge in [-0.05, 0) is 37.1 Å². The summed E-state index contributed by atoms with van der Waals surface area (Å²) in [5.74, 6) is 1.21. The maximum absolute atomic E-state index is 13.0. The van der Waals surface area contributed by atoms with E-state index in [1.54, 1.807) is 22.9 Å². The molecule has 4 rings (SSSR count). The van der Waals surface area contributed by atoms with Gasteiger partial charge in [0.1, 0.15) is 5.82 Å². The minimum atomic E-state index is -0.299. The molecule has 7 nitrogen and oxygen atoms in total. The lowest BCUT2D eigenvalue weighted by atomic mass is 10.2. The lowest BCUT2D eigenvalue weighted by Crippen LogP contribution is -2.24. The fourth-order valence-electron chi connectivity index (χ4n) is 2.82. The van der Waals surface area contributed by atoms with E-state index in [0.717, 1.165) is 25.0 Å². The Morgan fingerprint density at radius 1 is 1.35 bits per heavy atom. The van der Waals surface area contributed by atoms with Crippen molar-refractivity contribution in [3.63, 3.8) is 0 Å². The van der Waals surface area contributed by atoms with Crippen LogP contribution in [0.3, 0.4) is 0 Å². The van der Waals surface area contributed by atoms with Crippen molar-refractivity contribution < 1.29 is 13.5 Å². The van der Waals surface area contributed by atoms with E-state index in [9.17, 15) is 9.18 Å². The standard InChI is InChI=1S/C17H17FN4O3S/c18-12-5-3-11(4-6-12)14-8-19-15(25-14)10-26-17-21-20-16(23)22(17)9-13-2-1-7-24-13/h3-6,8,13H,1-2,7,9-10H2,(H,20,23). The highest BCUT2D eigenvalue weighted by Gasteiger charge is 2.20. The van der Waals surface area contributed by atoms with Crippen LogP contribution in [-0.4, -0.2) is 32.5 Å². The molecule has 2 aromatic heterocycles. The van der Waals surface area contributed by atoms with Gasteiger partial charge >= 0.3 is 5.69 Å². The van der Waals surface area contributed by atoms with Crippen molar-refractivity contribution in [1.82, 2.24) is 19.7 Å².